The van der Waals surface area contributed by atoms with Crippen LogP contribution in [-0.4, -0.2) is 12.6 Å². The second-order valence-corrected chi connectivity index (χ2v) is 4.31. The van der Waals surface area contributed by atoms with Crippen LogP contribution in [0.3, 0.4) is 0 Å². The lowest BCUT2D eigenvalue weighted by atomic mass is 10.1. The summed E-state index contributed by atoms with van der Waals surface area (Å²) in [5, 5.41) is 5.66. The predicted octanol–water partition coefficient (Wildman–Crippen LogP) is 3.07. The van der Waals surface area contributed by atoms with Gasteiger partial charge in [-0.3, -0.25) is 0 Å². The average molecular weight is 197 g/mol. The van der Waals surface area contributed by atoms with Gasteiger partial charge in [0.2, 0.25) is 0 Å². The van der Waals surface area contributed by atoms with Crippen molar-refractivity contribution in [3.63, 3.8) is 0 Å². The smallest absolute Gasteiger partial charge is 0.00677 e. The molecule has 1 unspecified atom stereocenters. The van der Waals surface area contributed by atoms with E-state index in [0.717, 1.165) is 6.54 Å². The highest BCUT2D eigenvalue weighted by Crippen LogP contribution is 2.12. The molecule has 0 aliphatic heterocycles. The molecule has 0 saturated carbocycles. The number of nitrogens with one attached hydrogen (secondary N) is 1. The fourth-order valence-electron chi connectivity index (χ4n) is 1.51. The van der Waals surface area contributed by atoms with Gasteiger partial charge in [0.25, 0.3) is 0 Å². The quantitative estimate of drug-likeness (QED) is 0.739. The zero-order valence-electron chi connectivity index (χ0n) is 8.55. The van der Waals surface area contributed by atoms with Gasteiger partial charge >= 0.3 is 0 Å². The fourth-order valence-corrected chi connectivity index (χ4v) is 2.24. The van der Waals surface area contributed by atoms with Gasteiger partial charge in [-0.05, 0) is 37.3 Å². The number of hydrogen-bond donors (Lipinski definition) is 1. The molecule has 0 amide bonds. The molecule has 0 aliphatic rings. The van der Waals surface area contributed by atoms with Gasteiger partial charge in [-0.15, -0.1) is 11.3 Å². The number of thiophene rings is 1. The second-order valence-electron chi connectivity index (χ2n) is 3.28. The first kappa shape index (κ1) is 10.7. The lowest BCUT2D eigenvalue weighted by Gasteiger charge is -2.14. The molecule has 0 aromatic carbocycles. The molecule has 74 valence electrons. The molecule has 1 heterocycles. The van der Waals surface area contributed by atoms with E-state index in [1.165, 1.54) is 24.1 Å². The summed E-state index contributed by atoms with van der Waals surface area (Å²) in [7, 11) is 0. The standard InChI is InChI=1S/C11H19NS/c1-3-10(12-4-2)7-8-11-6-5-9-13-11/h5-6,9-10,12H,3-4,7-8H2,1-2H3. The summed E-state index contributed by atoms with van der Waals surface area (Å²) < 4.78 is 0. The van der Waals surface area contributed by atoms with Crippen LogP contribution in [0.1, 0.15) is 31.6 Å². The molecule has 0 saturated heterocycles. The molecule has 0 radical (unpaired) electrons. The SMILES string of the molecule is CCNC(CC)CCc1cccs1. The molecular weight excluding hydrogens is 178 g/mol. The van der Waals surface area contributed by atoms with Gasteiger partial charge in [0, 0.05) is 10.9 Å². The first-order chi connectivity index (χ1) is 6.36. The highest BCUT2D eigenvalue weighted by molar-refractivity contribution is 7.09. The third-order valence-corrected chi connectivity index (χ3v) is 3.24. The van der Waals surface area contributed by atoms with Crippen molar-refractivity contribution in [2.45, 2.75) is 39.2 Å². The first-order valence-electron chi connectivity index (χ1n) is 5.12. The third-order valence-electron chi connectivity index (χ3n) is 2.30. The van der Waals surface area contributed by atoms with E-state index in [0.29, 0.717) is 6.04 Å². The van der Waals surface area contributed by atoms with Crippen LogP contribution in [0.25, 0.3) is 0 Å². The summed E-state index contributed by atoms with van der Waals surface area (Å²) in [6.45, 7) is 5.51. The molecular formula is C11H19NS. The maximum atomic E-state index is 3.50. The summed E-state index contributed by atoms with van der Waals surface area (Å²) in [4.78, 5) is 1.51. The van der Waals surface area contributed by atoms with E-state index in [2.05, 4.69) is 36.7 Å². The van der Waals surface area contributed by atoms with Gasteiger partial charge in [-0.25, -0.2) is 0 Å². The lowest BCUT2D eigenvalue weighted by molar-refractivity contribution is 0.482. The van der Waals surface area contributed by atoms with Crippen LogP contribution in [-0.2, 0) is 6.42 Å². The summed E-state index contributed by atoms with van der Waals surface area (Å²) in [5.41, 5.74) is 0. The van der Waals surface area contributed by atoms with E-state index >= 15 is 0 Å². The number of hydrogen-bond acceptors (Lipinski definition) is 2. The molecule has 0 fully saturated rings. The highest BCUT2D eigenvalue weighted by atomic mass is 32.1. The number of rotatable bonds is 6. The van der Waals surface area contributed by atoms with E-state index in [-0.39, 0.29) is 0 Å². The summed E-state index contributed by atoms with van der Waals surface area (Å²) in [5.74, 6) is 0. The molecule has 0 spiro atoms. The van der Waals surface area contributed by atoms with Crippen molar-refractivity contribution in [3.05, 3.63) is 22.4 Å². The van der Waals surface area contributed by atoms with Crippen molar-refractivity contribution in [2.75, 3.05) is 6.54 Å². The van der Waals surface area contributed by atoms with Crippen LogP contribution in [0, 0.1) is 0 Å². The average Bonchev–Trinajstić information content (AvgIpc) is 2.64. The monoisotopic (exact) mass is 197 g/mol. The molecule has 1 N–H and O–H groups in total. The van der Waals surface area contributed by atoms with Crippen LogP contribution < -0.4 is 5.32 Å². The van der Waals surface area contributed by atoms with E-state index in [1.807, 2.05) is 11.3 Å². The molecule has 1 atom stereocenters. The molecule has 1 nitrogen and oxygen atoms in total. The Kier molecular flexibility index (Phi) is 5.09. The van der Waals surface area contributed by atoms with Gasteiger partial charge in [0.1, 0.15) is 0 Å². The van der Waals surface area contributed by atoms with Gasteiger partial charge in [-0.1, -0.05) is 19.9 Å². The van der Waals surface area contributed by atoms with Crippen LogP contribution in [0.2, 0.25) is 0 Å². The third kappa shape index (κ3) is 3.92. The normalized spacial score (nSPS) is 13.1. The number of aryl methyl sites for hydroxylation is 1. The van der Waals surface area contributed by atoms with Crippen molar-refractivity contribution >= 4 is 11.3 Å². The molecule has 2 heteroatoms. The van der Waals surface area contributed by atoms with Crippen molar-refractivity contribution in [1.29, 1.82) is 0 Å². The summed E-state index contributed by atoms with van der Waals surface area (Å²) >= 11 is 1.87. The first-order valence-corrected chi connectivity index (χ1v) is 6.00. The Hall–Kier alpha value is -0.340. The van der Waals surface area contributed by atoms with Crippen molar-refractivity contribution in [2.24, 2.45) is 0 Å². The van der Waals surface area contributed by atoms with Crippen molar-refractivity contribution in [3.8, 4) is 0 Å². The molecule has 1 aromatic rings. The Labute approximate surface area is 85.2 Å². The Bertz CT molecular complexity index is 206. The van der Waals surface area contributed by atoms with Gasteiger partial charge < -0.3 is 5.32 Å². The van der Waals surface area contributed by atoms with Crippen molar-refractivity contribution < 1.29 is 0 Å². The largest absolute Gasteiger partial charge is 0.314 e. The van der Waals surface area contributed by atoms with Gasteiger partial charge in [0.15, 0.2) is 0 Å². The van der Waals surface area contributed by atoms with E-state index in [9.17, 15) is 0 Å². The molecule has 1 aromatic heterocycles. The molecule has 13 heavy (non-hydrogen) atoms. The lowest BCUT2D eigenvalue weighted by Crippen LogP contribution is -2.28. The van der Waals surface area contributed by atoms with Crippen LogP contribution in [0.4, 0.5) is 0 Å². The Morgan fingerprint density at radius 3 is 2.85 bits per heavy atom. The zero-order valence-corrected chi connectivity index (χ0v) is 9.36. The summed E-state index contributed by atoms with van der Waals surface area (Å²) in [6, 6.07) is 5.06. The van der Waals surface area contributed by atoms with Crippen LogP contribution in [0.5, 0.6) is 0 Å². The predicted molar refractivity (Wildman–Crippen MR) is 60.4 cm³/mol. The van der Waals surface area contributed by atoms with Crippen molar-refractivity contribution in [1.82, 2.24) is 5.32 Å². The summed E-state index contributed by atoms with van der Waals surface area (Å²) in [6.07, 6.45) is 3.73. The second kappa shape index (κ2) is 6.17. The van der Waals surface area contributed by atoms with Crippen LogP contribution >= 0.6 is 11.3 Å². The Balaban J connectivity index is 2.23. The molecule has 0 aliphatic carbocycles. The minimum absolute atomic E-state index is 0.701. The maximum absolute atomic E-state index is 3.50. The molecule has 1 rings (SSSR count). The Morgan fingerprint density at radius 1 is 1.46 bits per heavy atom. The van der Waals surface area contributed by atoms with Gasteiger partial charge in [-0.2, -0.15) is 0 Å². The van der Waals surface area contributed by atoms with Crippen LogP contribution in [0.15, 0.2) is 17.5 Å². The van der Waals surface area contributed by atoms with E-state index in [4.69, 9.17) is 0 Å². The van der Waals surface area contributed by atoms with Gasteiger partial charge in [0.05, 0.1) is 0 Å². The van der Waals surface area contributed by atoms with E-state index in [1.54, 1.807) is 0 Å². The highest BCUT2D eigenvalue weighted by Gasteiger charge is 2.04. The zero-order chi connectivity index (χ0) is 9.52. The Morgan fingerprint density at radius 2 is 2.31 bits per heavy atom. The topological polar surface area (TPSA) is 12.0 Å². The fraction of sp³-hybridized carbons (Fsp3) is 0.636. The maximum Gasteiger partial charge on any atom is 0.00677 e. The minimum Gasteiger partial charge on any atom is -0.314 e. The molecule has 0 bridgehead atoms. The van der Waals surface area contributed by atoms with E-state index < -0.39 is 0 Å². The minimum atomic E-state index is 0.701.